The van der Waals surface area contributed by atoms with E-state index in [9.17, 15) is 0 Å². The van der Waals surface area contributed by atoms with Crippen LogP contribution in [0.3, 0.4) is 0 Å². The molecule has 0 aliphatic carbocycles. The van der Waals surface area contributed by atoms with Gasteiger partial charge in [-0.2, -0.15) is 0 Å². The Morgan fingerprint density at radius 2 is 2.17 bits per heavy atom. The third-order valence-electron chi connectivity index (χ3n) is 3.86. The smallest absolute Gasteiger partial charge is 0.193 e. The van der Waals surface area contributed by atoms with Crippen LogP contribution in [0.1, 0.15) is 19.8 Å². The first-order valence-electron chi connectivity index (χ1n) is 7.95. The van der Waals surface area contributed by atoms with Crippen molar-refractivity contribution in [2.24, 2.45) is 10.9 Å². The summed E-state index contributed by atoms with van der Waals surface area (Å²) in [5.74, 6) is 3.34. The van der Waals surface area contributed by atoms with E-state index in [1.165, 1.54) is 12.8 Å². The van der Waals surface area contributed by atoms with Gasteiger partial charge in [0.05, 0.1) is 13.7 Å². The van der Waals surface area contributed by atoms with Crippen LogP contribution in [-0.4, -0.2) is 51.3 Å². The van der Waals surface area contributed by atoms with Gasteiger partial charge in [0.1, 0.15) is 18.1 Å². The third-order valence-corrected chi connectivity index (χ3v) is 3.86. The lowest BCUT2D eigenvalue weighted by Gasteiger charge is -2.33. The molecule has 1 unspecified atom stereocenters. The average molecular weight is 433 g/mol. The maximum absolute atomic E-state index is 5.74. The summed E-state index contributed by atoms with van der Waals surface area (Å²) < 4.78 is 10.9. The molecule has 0 spiro atoms. The van der Waals surface area contributed by atoms with Crippen LogP contribution >= 0.6 is 24.0 Å². The van der Waals surface area contributed by atoms with Crippen molar-refractivity contribution < 1.29 is 9.47 Å². The van der Waals surface area contributed by atoms with Crippen LogP contribution in [-0.2, 0) is 0 Å². The Bertz CT molecular complexity index is 496. The van der Waals surface area contributed by atoms with E-state index in [0.717, 1.165) is 43.0 Å². The molecule has 2 rings (SSSR count). The van der Waals surface area contributed by atoms with Crippen molar-refractivity contribution in [3.05, 3.63) is 24.3 Å². The highest BCUT2D eigenvalue weighted by Gasteiger charge is 2.18. The van der Waals surface area contributed by atoms with Crippen LogP contribution in [0.25, 0.3) is 0 Å². The van der Waals surface area contributed by atoms with Gasteiger partial charge >= 0.3 is 0 Å². The van der Waals surface area contributed by atoms with Gasteiger partial charge < -0.3 is 19.7 Å². The fourth-order valence-electron chi connectivity index (χ4n) is 2.74. The Morgan fingerprint density at radius 1 is 1.39 bits per heavy atom. The van der Waals surface area contributed by atoms with Gasteiger partial charge in [-0.3, -0.25) is 4.99 Å². The van der Waals surface area contributed by atoms with E-state index in [4.69, 9.17) is 9.47 Å². The van der Waals surface area contributed by atoms with Gasteiger partial charge in [-0.05, 0) is 30.9 Å². The highest BCUT2D eigenvalue weighted by molar-refractivity contribution is 14.0. The summed E-state index contributed by atoms with van der Waals surface area (Å²) in [5.41, 5.74) is 0. The monoisotopic (exact) mass is 433 g/mol. The van der Waals surface area contributed by atoms with Crippen LogP contribution in [0, 0.1) is 5.92 Å². The van der Waals surface area contributed by atoms with E-state index in [-0.39, 0.29) is 24.0 Å². The SMILES string of the molecule is CN=C(NCCOc1cccc(OC)c1)N1CCCC(C)C1.I. The first-order chi connectivity index (χ1) is 10.7. The van der Waals surface area contributed by atoms with Gasteiger partial charge in [0.25, 0.3) is 0 Å². The van der Waals surface area contributed by atoms with E-state index >= 15 is 0 Å². The number of nitrogens with zero attached hydrogens (tertiary/aromatic N) is 2. The molecule has 1 aliphatic rings. The van der Waals surface area contributed by atoms with Crippen molar-refractivity contribution in [1.82, 2.24) is 10.2 Å². The van der Waals surface area contributed by atoms with Gasteiger partial charge in [-0.15, -0.1) is 24.0 Å². The number of hydrogen-bond donors (Lipinski definition) is 1. The number of benzene rings is 1. The molecule has 0 saturated carbocycles. The molecule has 1 aromatic rings. The van der Waals surface area contributed by atoms with Crippen LogP contribution in [0.4, 0.5) is 0 Å². The van der Waals surface area contributed by atoms with Gasteiger partial charge in [-0.1, -0.05) is 13.0 Å². The minimum Gasteiger partial charge on any atom is -0.497 e. The van der Waals surface area contributed by atoms with Gasteiger partial charge in [0.15, 0.2) is 5.96 Å². The second kappa shape index (κ2) is 10.6. The molecule has 1 N–H and O–H groups in total. The second-order valence-corrected chi connectivity index (χ2v) is 5.69. The summed E-state index contributed by atoms with van der Waals surface area (Å²) in [7, 11) is 3.49. The number of guanidine groups is 1. The molecular formula is C17H28IN3O2. The molecule has 1 fully saturated rings. The summed E-state index contributed by atoms with van der Waals surface area (Å²) in [4.78, 5) is 6.71. The maximum atomic E-state index is 5.74. The number of methoxy groups -OCH3 is 1. The number of likely N-dealkylation sites (tertiary alicyclic amines) is 1. The molecule has 6 heteroatoms. The lowest BCUT2D eigenvalue weighted by Crippen LogP contribution is -2.47. The largest absolute Gasteiger partial charge is 0.497 e. The summed E-state index contributed by atoms with van der Waals surface area (Å²) >= 11 is 0. The highest BCUT2D eigenvalue weighted by Crippen LogP contribution is 2.18. The van der Waals surface area contributed by atoms with Gasteiger partial charge in [0, 0.05) is 26.2 Å². The minimum absolute atomic E-state index is 0. The molecule has 130 valence electrons. The zero-order valence-corrected chi connectivity index (χ0v) is 16.6. The molecule has 0 radical (unpaired) electrons. The predicted octanol–water partition coefficient (Wildman–Crippen LogP) is 3.00. The lowest BCUT2D eigenvalue weighted by atomic mass is 10.0. The maximum Gasteiger partial charge on any atom is 0.193 e. The van der Waals surface area contributed by atoms with Crippen LogP contribution in [0.5, 0.6) is 11.5 Å². The number of hydrogen-bond acceptors (Lipinski definition) is 3. The molecular weight excluding hydrogens is 405 g/mol. The Hall–Kier alpha value is -1.18. The minimum atomic E-state index is 0. The zero-order valence-electron chi connectivity index (χ0n) is 14.2. The van der Waals surface area contributed by atoms with Crippen LogP contribution in [0.2, 0.25) is 0 Å². The van der Waals surface area contributed by atoms with Crippen molar-refractivity contribution in [2.75, 3.05) is 40.4 Å². The topological polar surface area (TPSA) is 46.1 Å². The Kier molecular flexibility index (Phi) is 9.13. The number of piperidine rings is 1. The van der Waals surface area contributed by atoms with E-state index in [1.807, 2.05) is 31.3 Å². The van der Waals surface area contributed by atoms with Crippen molar-refractivity contribution >= 4 is 29.9 Å². The highest BCUT2D eigenvalue weighted by atomic mass is 127. The van der Waals surface area contributed by atoms with Crippen LogP contribution < -0.4 is 14.8 Å². The summed E-state index contributed by atoms with van der Waals surface area (Å²) in [6.45, 7) is 5.78. The molecule has 0 amide bonds. The number of rotatable bonds is 5. The van der Waals surface area contributed by atoms with Crippen molar-refractivity contribution in [3.63, 3.8) is 0 Å². The number of halogens is 1. The molecule has 0 bridgehead atoms. The van der Waals surface area contributed by atoms with Crippen molar-refractivity contribution in [1.29, 1.82) is 0 Å². The number of nitrogens with one attached hydrogen (secondary N) is 1. The normalized spacial score (nSPS) is 18.1. The Labute approximate surface area is 156 Å². The zero-order chi connectivity index (χ0) is 15.8. The fourth-order valence-corrected chi connectivity index (χ4v) is 2.74. The van der Waals surface area contributed by atoms with Gasteiger partial charge in [0.2, 0.25) is 0 Å². The Morgan fingerprint density at radius 3 is 2.87 bits per heavy atom. The molecule has 23 heavy (non-hydrogen) atoms. The molecule has 1 atom stereocenters. The van der Waals surface area contributed by atoms with Crippen LogP contribution in [0.15, 0.2) is 29.3 Å². The molecule has 1 saturated heterocycles. The van der Waals surface area contributed by atoms with E-state index in [1.54, 1.807) is 7.11 Å². The molecule has 1 heterocycles. The first-order valence-corrected chi connectivity index (χ1v) is 7.95. The third kappa shape index (κ3) is 6.45. The summed E-state index contributed by atoms with van der Waals surface area (Å²) in [6, 6.07) is 7.66. The Balaban J connectivity index is 0.00000264. The number of ether oxygens (including phenoxy) is 2. The standard InChI is InChI=1S/C17H27N3O2.HI/c1-14-6-5-10-20(13-14)17(18-2)19-9-11-22-16-8-4-7-15(12-16)21-3;/h4,7-8,12,14H,5-6,9-11,13H2,1-3H3,(H,18,19);1H. The molecule has 1 aromatic carbocycles. The molecule has 5 nitrogen and oxygen atoms in total. The number of aliphatic imine (C=N–C) groups is 1. The summed E-state index contributed by atoms with van der Waals surface area (Å²) in [6.07, 6.45) is 2.55. The van der Waals surface area contributed by atoms with E-state index in [0.29, 0.717) is 6.61 Å². The summed E-state index contributed by atoms with van der Waals surface area (Å²) in [5, 5.41) is 3.38. The second-order valence-electron chi connectivity index (χ2n) is 5.69. The predicted molar refractivity (Wildman–Crippen MR) is 105 cm³/mol. The quantitative estimate of drug-likeness (QED) is 0.336. The van der Waals surface area contributed by atoms with E-state index in [2.05, 4.69) is 22.1 Å². The first kappa shape index (κ1) is 19.9. The molecule has 0 aromatic heterocycles. The van der Waals surface area contributed by atoms with E-state index < -0.39 is 0 Å². The van der Waals surface area contributed by atoms with Crippen molar-refractivity contribution in [2.45, 2.75) is 19.8 Å². The van der Waals surface area contributed by atoms with Gasteiger partial charge in [-0.25, -0.2) is 0 Å². The fraction of sp³-hybridized carbons (Fsp3) is 0.588. The molecule has 1 aliphatic heterocycles. The lowest BCUT2D eigenvalue weighted by molar-refractivity contribution is 0.262. The average Bonchev–Trinajstić information content (AvgIpc) is 2.55. The van der Waals surface area contributed by atoms with Crippen molar-refractivity contribution in [3.8, 4) is 11.5 Å².